The molecule has 0 aliphatic heterocycles. The largest absolute Gasteiger partial charge is 0.353 e. The second-order valence-electron chi connectivity index (χ2n) is 8.10. The molecule has 2 rings (SSSR count). The van der Waals surface area contributed by atoms with Gasteiger partial charge in [0.15, 0.2) is 0 Å². The maximum atomic E-state index is 13.2. The van der Waals surface area contributed by atoms with Gasteiger partial charge in [-0.25, -0.2) is 0 Å². The Labute approximate surface area is 166 Å². The van der Waals surface area contributed by atoms with Gasteiger partial charge >= 0.3 is 0 Å². The van der Waals surface area contributed by atoms with Crippen molar-refractivity contribution in [1.29, 1.82) is 0 Å². The highest BCUT2D eigenvalue weighted by atomic mass is 16.1. The summed E-state index contributed by atoms with van der Waals surface area (Å²) >= 11 is 0. The summed E-state index contributed by atoms with van der Waals surface area (Å²) in [6.07, 6.45) is 13.7. The van der Waals surface area contributed by atoms with Crippen LogP contribution in [0, 0.1) is 5.92 Å². The monoisotopic (exact) mass is 367 g/mol. The fraction of sp³-hybridized carbons (Fsp3) is 0.560. The van der Waals surface area contributed by atoms with Gasteiger partial charge in [0.1, 0.15) is 5.78 Å². The summed E-state index contributed by atoms with van der Waals surface area (Å²) in [4.78, 5) is 15.4. The molecule has 0 heterocycles. The molecule has 1 aliphatic rings. The maximum absolute atomic E-state index is 13.2. The van der Waals surface area contributed by atoms with Crippen molar-refractivity contribution < 1.29 is 4.79 Å². The van der Waals surface area contributed by atoms with Crippen LogP contribution in [0.5, 0.6) is 0 Å². The van der Waals surface area contributed by atoms with E-state index in [4.69, 9.17) is 0 Å². The molecule has 1 atom stereocenters. The zero-order valence-corrected chi connectivity index (χ0v) is 17.5. The quantitative estimate of drug-likeness (QED) is 0.514. The molecule has 0 amide bonds. The van der Waals surface area contributed by atoms with E-state index in [9.17, 15) is 4.79 Å². The molecule has 1 saturated carbocycles. The van der Waals surface area contributed by atoms with Gasteiger partial charge in [0.2, 0.25) is 0 Å². The fourth-order valence-electron chi connectivity index (χ4n) is 4.80. The number of ketones is 1. The van der Waals surface area contributed by atoms with Gasteiger partial charge in [-0.3, -0.25) is 4.79 Å². The van der Waals surface area contributed by atoms with Crippen molar-refractivity contribution in [2.45, 2.75) is 77.6 Å². The van der Waals surface area contributed by atoms with Crippen LogP contribution in [0.4, 0.5) is 0 Å². The Kier molecular flexibility index (Phi) is 8.34. The van der Waals surface area contributed by atoms with Gasteiger partial charge in [-0.1, -0.05) is 75.1 Å². The van der Waals surface area contributed by atoms with Crippen LogP contribution in [0.1, 0.15) is 77.7 Å². The summed E-state index contributed by atoms with van der Waals surface area (Å²) in [5.74, 6) is 0.747. The topological polar surface area (TPSA) is 20.3 Å². The molecule has 148 valence electrons. The van der Waals surface area contributed by atoms with Crippen molar-refractivity contribution in [3.8, 4) is 0 Å². The fourth-order valence-corrected chi connectivity index (χ4v) is 4.80. The number of hydrogen-bond donors (Lipinski definition) is 0. The summed E-state index contributed by atoms with van der Waals surface area (Å²) in [6, 6.07) is 10.5. The van der Waals surface area contributed by atoms with Crippen molar-refractivity contribution in [3.63, 3.8) is 0 Å². The van der Waals surface area contributed by atoms with Gasteiger partial charge in [-0.05, 0) is 57.7 Å². The lowest BCUT2D eigenvalue weighted by atomic mass is 9.62. The molecule has 0 aromatic heterocycles. The molecule has 0 bridgehead atoms. The molecule has 27 heavy (non-hydrogen) atoms. The lowest BCUT2D eigenvalue weighted by Crippen LogP contribution is -2.44. The number of rotatable bonds is 8. The molecule has 0 N–H and O–H groups in total. The van der Waals surface area contributed by atoms with E-state index < -0.39 is 5.41 Å². The van der Waals surface area contributed by atoms with Gasteiger partial charge < -0.3 is 4.90 Å². The zero-order chi connectivity index (χ0) is 19.7. The molecule has 1 unspecified atom stereocenters. The number of hydrogen-bond acceptors (Lipinski definition) is 2. The van der Waals surface area contributed by atoms with E-state index in [0.717, 1.165) is 31.5 Å². The lowest BCUT2D eigenvalue weighted by molar-refractivity contribution is -0.125. The van der Waals surface area contributed by atoms with Crippen LogP contribution in [-0.2, 0) is 10.2 Å². The Balaban J connectivity index is 2.41. The number of allylic oxidation sites excluding steroid dienone is 2. The third kappa shape index (κ3) is 5.34. The van der Waals surface area contributed by atoms with Gasteiger partial charge in [0.05, 0.1) is 5.41 Å². The Bertz CT molecular complexity index is 625. The van der Waals surface area contributed by atoms with E-state index in [1.807, 2.05) is 32.9 Å². The van der Waals surface area contributed by atoms with Crippen LogP contribution < -0.4 is 0 Å². The molecule has 1 aliphatic carbocycles. The van der Waals surface area contributed by atoms with Crippen molar-refractivity contribution in [2.75, 3.05) is 6.54 Å². The van der Waals surface area contributed by atoms with E-state index in [-0.39, 0.29) is 0 Å². The van der Waals surface area contributed by atoms with Crippen molar-refractivity contribution >= 4 is 5.78 Å². The predicted molar refractivity (Wildman–Crippen MR) is 116 cm³/mol. The third-order valence-corrected chi connectivity index (χ3v) is 6.29. The average Bonchev–Trinajstić information content (AvgIpc) is 2.62. The number of nitrogens with zero attached hydrogens (tertiary/aromatic N) is 1. The Morgan fingerprint density at radius 2 is 1.70 bits per heavy atom. The SMILES string of the molecule is C=C(C)N(/C=C\C)CCC(C(C)=O)(c1ccccc1)C1CCCCCCC1. The third-order valence-electron chi connectivity index (χ3n) is 6.29. The number of carbonyl (C=O) groups excluding carboxylic acids is 1. The van der Waals surface area contributed by atoms with Crippen LogP contribution in [0.15, 0.2) is 54.9 Å². The van der Waals surface area contributed by atoms with E-state index in [2.05, 4.69) is 41.9 Å². The minimum atomic E-state index is -0.395. The summed E-state index contributed by atoms with van der Waals surface area (Å²) in [6.45, 7) is 10.8. The second-order valence-corrected chi connectivity index (χ2v) is 8.10. The molecular formula is C25H37NO. The van der Waals surface area contributed by atoms with Crippen LogP contribution in [0.3, 0.4) is 0 Å². The maximum Gasteiger partial charge on any atom is 0.140 e. The molecule has 1 aromatic rings. The molecule has 0 radical (unpaired) electrons. The first-order chi connectivity index (χ1) is 13.0. The van der Waals surface area contributed by atoms with Gasteiger partial charge in [-0.2, -0.15) is 0 Å². The van der Waals surface area contributed by atoms with Gasteiger partial charge in [0.25, 0.3) is 0 Å². The summed E-state index contributed by atoms with van der Waals surface area (Å²) < 4.78 is 0. The normalized spacial score (nSPS) is 18.5. The molecule has 0 spiro atoms. The molecular weight excluding hydrogens is 330 g/mol. The molecule has 0 saturated heterocycles. The first-order valence-electron chi connectivity index (χ1n) is 10.6. The van der Waals surface area contributed by atoms with Gasteiger partial charge in [-0.15, -0.1) is 0 Å². The first-order valence-corrected chi connectivity index (χ1v) is 10.6. The predicted octanol–water partition coefficient (Wildman–Crippen LogP) is 6.63. The molecule has 2 nitrogen and oxygen atoms in total. The van der Waals surface area contributed by atoms with Crippen LogP contribution in [0.2, 0.25) is 0 Å². The van der Waals surface area contributed by atoms with Crippen molar-refractivity contribution in [1.82, 2.24) is 4.90 Å². The Morgan fingerprint density at radius 3 is 2.22 bits per heavy atom. The van der Waals surface area contributed by atoms with Crippen molar-refractivity contribution in [2.24, 2.45) is 5.92 Å². The van der Waals surface area contributed by atoms with E-state index in [1.165, 1.54) is 37.7 Å². The van der Waals surface area contributed by atoms with E-state index in [1.54, 1.807) is 0 Å². The van der Waals surface area contributed by atoms with E-state index in [0.29, 0.717) is 11.7 Å². The highest BCUT2D eigenvalue weighted by Crippen LogP contribution is 2.43. The first kappa shape index (κ1) is 21.5. The minimum Gasteiger partial charge on any atom is -0.353 e. The van der Waals surface area contributed by atoms with Crippen LogP contribution >= 0.6 is 0 Å². The molecule has 2 heteroatoms. The lowest BCUT2D eigenvalue weighted by Gasteiger charge is -2.42. The summed E-state index contributed by atoms with van der Waals surface area (Å²) in [5.41, 5.74) is 1.83. The minimum absolute atomic E-state index is 0.321. The number of carbonyl (C=O) groups is 1. The second kappa shape index (κ2) is 10.5. The van der Waals surface area contributed by atoms with Crippen LogP contribution in [-0.4, -0.2) is 17.2 Å². The highest BCUT2D eigenvalue weighted by Gasteiger charge is 2.44. The van der Waals surface area contributed by atoms with Crippen LogP contribution in [0.25, 0.3) is 0 Å². The average molecular weight is 368 g/mol. The van der Waals surface area contributed by atoms with Crippen molar-refractivity contribution in [3.05, 3.63) is 60.4 Å². The Morgan fingerprint density at radius 1 is 1.11 bits per heavy atom. The zero-order valence-electron chi connectivity index (χ0n) is 17.5. The number of Topliss-reactive ketones (excluding diaryl/α,β-unsaturated/α-hetero) is 1. The summed E-state index contributed by atoms with van der Waals surface area (Å²) in [7, 11) is 0. The smallest absolute Gasteiger partial charge is 0.140 e. The number of benzene rings is 1. The Hall–Kier alpha value is -1.83. The highest BCUT2D eigenvalue weighted by molar-refractivity contribution is 5.88. The molecule has 1 fully saturated rings. The van der Waals surface area contributed by atoms with E-state index >= 15 is 0 Å². The molecule has 1 aromatic carbocycles. The standard InChI is InChI=1S/C25H37NO/c1-5-19-26(21(2)3)20-18-25(22(4)27,24-16-12-9-13-17-24)23-14-10-7-6-8-11-15-23/h5,9,12-13,16-17,19,23H,2,6-8,10-11,14-15,18,20H2,1,3-4H3/b19-5-. The summed E-state index contributed by atoms with van der Waals surface area (Å²) in [5, 5.41) is 0. The van der Waals surface area contributed by atoms with Gasteiger partial charge in [0, 0.05) is 12.2 Å².